The van der Waals surface area contributed by atoms with Gasteiger partial charge in [0, 0.05) is 30.3 Å². The van der Waals surface area contributed by atoms with Crippen molar-refractivity contribution < 1.29 is 32.1 Å². The molecular weight excluding hydrogens is 560 g/mol. The SMILES string of the molecule is COc1cc(F)c(-c2ncc(N3CCCC[C@](N)([C@H](O)C(F)F)C3)c(Cn3cnc4c(N)ncnc43)c2OC)cc1F. The van der Waals surface area contributed by atoms with Gasteiger partial charge in [0.05, 0.1) is 44.5 Å². The summed E-state index contributed by atoms with van der Waals surface area (Å²) in [6.45, 7) is 0.311. The molecule has 4 aromatic rings. The molecule has 0 spiro atoms. The summed E-state index contributed by atoms with van der Waals surface area (Å²) in [7, 11) is 2.58. The highest BCUT2D eigenvalue weighted by atomic mass is 19.3. The zero-order valence-corrected chi connectivity index (χ0v) is 22.9. The van der Waals surface area contributed by atoms with Crippen LogP contribution in [0.5, 0.6) is 11.5 Å². The van der Waals surface area contributed by atoms with E-state index in [0.29, 0.717) is 41.8 Å². The molecule has 2 atom stereocenters. The van der Waals surface area contributed by atoms with E-state index >= 15 is 4.39 Å². The second-order valence-electron chi connectivity index (χ2n) is 10.2. The molecule has 0 bridgehead atoms. The van der Waals surface area contributed by atoms with E-state index < -0.39 is 29.7 Å². The van der Waals surface area contributed by atoms with E-state index in [9.17, 15) is 18.3 Å². The highest BCUT2D eigenvalue weighted by Crippen LogP contribution is 2.41. The first kappa shape index (κ1) is 29.3. The maximum Gasteiger partial charge on any atom is 0.265 e. The van der Waals surface area contributed by atoms with Crippen LogP contribution >= 0.6 is 0 Å². The second-order valence-corrected chi connectivity index (χ2v) is 10.2. The lowest BCUT2D eigenvalue weighted by Crippen LogP contribution is -2.60. The van der Waals surface area contributed by atoms with Crippen LogP contribution in [-0.2, 0) is 6.54 Å². The zero-order valence-electron chi connectivity index (χ0n) is 22.9. The Kier molecular flexibility index (Phi) is 8.06. The number of aliphatic hydroxyl groups excluding tert-OH is 1. The number of halogens is 4. The molecule has 1 aromatic carbocycles. The quantitative estimate of drug-likeness (QED) is 0.261. The van der Waals surface area contributed by atoms with Crippen molar-refractivity contribution in [2.24, 2.45) is 5.73 Å². The van der Waals surface area contributed by atoms with Gasteiger partial charge in [0.1, 0.15) is 29.5 Å². The molecule has 1 aliphatic rings. The molecule has 1 fully saturated rings. The first-order chi connectivity index (χ1) is 20.1. The van der Waals surface area contributed by atoms with Crippen LogP contribution in [0.3, 0.4) is 0 Å². The lowest BCUT2D eigenvalue weighted by atomic mass is 9.88. The number of aliphatic hydroxyl groups is 1. The minimum Gasteiger partial charge on any atom is -0.494 e. The highest BCUT2D eigenvalue weighted by Gasteiger charge is 2.42. The van der Waals surface area contributed by atoms with Crippen LogP contribution in [0, 0.1) is 11.6 Å². The van der Waals surface area contributed by atoms with Crippen molar-refractivity contribution in [2.75, 3.05) is 37.9 Å². The van der Waals surface area contributed by atoms with Crippen molar-refractivity contribution in [3.63, 3.8) is 0 Å². The van der Waals surface area contributed by atoms with Crippen LogP contribution in [0.25, 0.3) is 22.4 Å². The third kappa shape index (κ3) is 5.25. The number of nitrogens with zero attached hydrogens (tertiary/aromatic N) is 6. The summed E-state index contributed by atoms with van der Waals surface area (Å²) in [5, 5.41) is 10.3. The van der Waals surface area contributed by atoms with Crippen molar-refractivity contribution in [2.45, 2.75) is 43.9 Å². The predicted octanol–water partition coefficient (Wildman–Crippen LogP) is 3.13. The summed E-state index contributed by atoms with van der Waals surface area (Å²) in [6.07, 6.45) is 0.364. The van der Waals surface area contributed by atoms with E-state index in [1.165, 1.54) is 33.1 Å². The first-order valence-corrected chi connectivity index (χ1v) is 13.1. The average Bonchev–Trinajstić information content (AvgIpc) is 3.27. The summed E-state index contributed by atoms with van der Waals surface area (Å²) in [5.41, 5.74) is 12.2. The largest absolute Gasteiger partial charge is 0.494 e. The van der Waals surface area contributed by atoms with Gasteiger partial charge in [-0.2, -0.15) is 0 Å². The number of ether oxygens (including phenoxy) is 2. The third-order valence-corrected chi connectivity index (χ3v) is 7.55. The summed E-state index contributed by atoms with van der Waals surface area (Å²) in [4.78, 5) is 18.7. The van der Waals surface area contributed by atoms with E-state index in [0.717, 1.165) is 12.1 Å². The molecule has 1 saturated heterocycles. The Morgan fingerprint density at radius 2 is 1.86 bits per heavy atom. The van der Waals surface area contributed by atoms with E-state index in [2.05, 4.69) is 19.9 Å². The van der Waals surface area contributed by atoms with Gasteiger partial charge in [-0.3, -0.25) is 4.98 Å². The molecule has 3 aromatic heterocycles. The van der Waals surface area contributed by atoms with Gasteiger partial charge in [0.15, 0.2) is 28.8 Å². The van der Waals surface area contributed by atoms with Gasteiger partial charge in [0.2, 0.25) is 0 Å². The third-order valence-electron chi connectivity index (χ3n) is 7.55. The Hall–Kier alpha value is -4.24. The van der Waals surface area contributed by atoms with Crippen LogP contribution < -0.4 is 25.8 Å². The van der Waals surface area contributed by atoms with Gasteiger partial charge in [-0.05, 0) is 25.3 Å². The fraction of sp³-hybridized carbons (Fsp3) is 0.407. The van der Waals surface area contributed by atoms with Crippen molar-refractivity contribution in [1.82, 2.24) is 24.5 Å². The Labute approximate surface area is 238 Å². The molecule has 5 N–H and O–H groups in total. The fourth-order valence-electron chi connectivity index (χ4n) is 5.38. The molecule has 0 amide bonds. The average molecular weight is 591 g/mol. The van der Waals surface area contributed by atoms with Gasteiger partial charge < -0.3 is 35.5 Å². The normalized spacial score (nSPS) is 18.4. The molecular formula is C27H30F4N8O3. The number of nitrogens with two attached hydrogens (primary N) is 2. The number of alkyl halides is 2. The minimum atomic E-state index is -3.04. The van der Waals surface area contributed by atoms with E-state index in [1.807, 2.05) is 0 Å². The Morgan fingerprint density at radius 1 is 1.07 bits per heavy atom. The number of hydrogen-bond acceptors (Lipinski definition) is 10. The summed E-state index contributed by atoms with van der Waals surface area (Å²) in [6, 6.07) is 1.87. The number of rotatable bonds is 8. The predicted molar refractivity (Wildman–Crippen MR) is 147 cm³/mol. The minimum absolute atomic E-state index is 0.00434. The highest BCUT2D eigenvalue weighted by molar-refractivity contribution is 5.81. The number of fused-ring (bicyclic) bond motifs is 1. The number of methoxy groups -OCH3 is 2. The number of aromatic nitrogens is 5. The van der Waals surface area contributed by atoms with E-state index in [1.54, 1.807) is 9.47 Å². The van der Waals surface area contributed by atoms with Gasteiger partial charge in [-0.15, -0.1) is 0 Å². The van der Waals surface area contributed by atoms with Crippen LogP contribution in [-0.4, -0.2) is 75.0 Å². The number of nitrogen functional groups attached to an aromatic ring is 1. The molecule has 15 heteroatoms. The summed E-state index contributed by atoms with van der Waals surface area (Å²) < 4.78 is 69.5. The molecule has 0 unspecified atom stereocenters. The first-order valence-electron chi connectivity index (χ1n) is 13.1. The van der Waals surface area contributed by atoms with Crippen molar-refractivity contribution in [1.29, 1.82) is 0 Å². The van der Waals surface area contributed by atoms with E-state index in [4.69, 9.17) is 20.9 Å². The molecule has 1 aliphatic heterocycles. The van der Waals surface area contributed by atoms with Gasteiger partial charge in [0.25, 0.3) is 6.43 Å². The van der Waals surface area contributed by atoms with Crippen LogP contribution in [0.15, 0.2) is 31.0 Å². The number of pyridine rings is 1. The number of hydrogen-bond donors (Lipinski definition) is 3. The number of benzene rings is 1. The van der Waals surface area contributed by atoms with Crippen LogP contribution in [0.2, 0.25) is 0 Å². The van der Waals surface area contributed by atoms with E-state index in [-0.39, 0.29) is 48.1 Å². The van der Waals surface area contributed by atoms with Gasteiger partial charge in [-0.25, -0.2) is 32.5 Å². The zero-order chi connectivity index (χ0) is 30.2. The maximum absolute atomic E-state index is 15.2. The number of imidazole rings is 1. The lowest BCUT2D eigenvalue weighted by molar-refractivity contribution is -0.0491. The van der Waals surface area contributed by atoms with Crippen LogP contribution in [0.1, 0.15) is 24.8 Å². The number of anilines is 2. The Bertz CT molecular complexity index is 1600. The topological polar surface area (TPSA) is 150 Å². The fourth-order valence-corrected chi connectivity index (χ4v) is 5.38. The van der Waals surface area contributed by atoms with Gasteiger partial charge in [-0.1, -0.05) is 0 Å². The maximum atomic E-state index is 15.2. The van der Waals surface area contributed by atoms with Crippen LogP contribution in [0.4, 0.5) is 29.1 Å². The monoisotopic (exact) mass is 590 g/mol. The standard InChI is InChI=1S/C27H30F4N8O3/c1-41-19-8-16(28)14(7-17(19)29)20-22(42-2)15(10-39-13-37-21-25(32)35-12-36-26(21)39)18(9-34-20)38-6-4-3-5-27(33,11-38)23(40)24(30)31/h7-9,12-13,23-24,40H,3-6,10-11,33H2,1-2H3,(H2,32,35,36)/t23-,27-/m1/s1. The lowest BCUT2D eigenvalue weighted by Gasteiger charge is -2.38. The molecule has 0 saturated carbocycles. The summed E-state index contributed by atoms with van der Waals surface area (Å²) in [5.74, 6) is -1.63. The second kappa shape index (κ2) is 11.6. The van der Waals surface area contributed by atoms with Crippen molar-refractivity contribution in [3.05, 3.63) is 48.2 Å². The van der Waals surface area contributed by atoms with Crippen molar-refractivity contribution >= 4 is 22.7 Å². The van der Waals surface area contributed by atoms with Crippen molar-refractivity contribution in [3.8, 4) is 22.8 Å². The summed E-state index contributed by atoms with van der Waals surface area (Å²) >= 11 is 0. The molecule has 0 aliphatic carbocycles. The molecule has 4 heterocycles. The Morgan fingerprint density at radius 3 is 2.57 bits per heavy atom. The Balaban J connectivity index is 1.70. The molecule has 0 radical (unpaired) electrons. The molecule has 42 heavy (non-hydrogen) atoms. The molecule has 224 valence electrons. The smallest absolute Gasteiger partial charge is 0.265 e. The molecule has 5 rings (SSSR count). The molecule has 11 nitrogen and oxygen atoms in total. The van der Waals surface area contributed by atoms with Gasteiger partial charge >= 0.3 is 0 Å².